The minimum absolute atomic E-state index is 0.187. The Morgan fingerprint density at radius 3 is 2.46 bits per heavy atom. The quantitative estimate of drug-likeness (QED) is 0.363. The summed E-state index contributed by atoms with van der Waals surface area (Å²) in [6, 6.07) is 12.7. The zero-order valence-electron chi connectivity index (χ0n) is 22.1. The standard InChI is InChI=1S/C28H33ClN4O5S/c1-4-13-33-24(19-31-14-16-32(17-15-31)39(36,37)23-11-9-22(29)10-12-23)25(27(34)38-5-2)26(30-28(33)35)21-8-6-7-20(3)18-21/h4,6-12,18,26H,1,5,13-17,19H2,2-3H3,(H,30,35)/t26-/m0/s1. The number of hydrogen-bond acceptors (Lipinski definition) is 6. The molecule has 0 spiro atoms. The lowest BCUT2D eigenvalue weighted by Gasteiger charge is -2.40. The first-order valence-electron chi connectivity index (χ1n) is 12.8. The molecule has 0 aromatic heterocycles. The number of hydrogen-bond donors (Lipinski definition) is 1. The van der Waals surface area contributed by atoms with E-state index in [9.17, 15) is 18.0 Å². The molecule has 11 heteroatoms. The van der Waals surface area contributed by atoms with E-state index in [-0.39, 0.29) is 43.7 Å². The first kappa shape index (κ1) is 28.8. The van der Waals surface area contributed by atoms with E-state index >= 15 is 0 Å². The summed E-state index contributed by atoms with van der Waals surface area (Å²) in [6.45, 7) is 9.51. The fourth-order valence-electron chi connectivity index (χ4n) is 4.84. The third kappa shape index (κ3) is 6.36. The summed E-state index contributed by atoms with van der Waals surface area (Å²) in [5.41, 5.74) is 2.66. The maximum atomic E-state index is 13.3. The summed E-state index contributed by atoms with van der Waals surface area (Å²) in [5, 5.41) is 3.43. The molecule has 2 aromatic rings. The van der Waals surface area contributed by atoms with E-state index in [1.807, 2.05) is 36.1 Å². The van der Waals surface area contributed by atoms with Crippen molar-refractivity contribution in [1.82, 2.24) is 19.4 Å². The van der Waals surface area contributed by atoms with E-state index in [1.54, 1.807) is 25.1 Å². The van der Waals surface area contributed by atoms with Crippen molar-refractivity contribution in [3.8, 4) is 0 Å². The molecule has 2 aliphatic heterocycles. The number of esters is 1. The SMILES string of the molecule is C=CCN1C(=O)N[C@@H](c2cccc(C)c2)C(C(=O)OCC)=C1CN1CCN(S(=O)(=O)c2ccc(Cl)cc2)CC1. The molecule has 39 heavy (non-hydrogen) atoms. The van der Waals surface area contributed by atoms with Gasteiger partial charge in [0.2, 0.25) is 10.0 Å². The number of carbonyl (C=O) groups excluding carboxylic acids is 2. The second-order valence-electron chi connectivity index (χ2n) is 9.41. The molecule has 0 aliphatic carbocycles. The van der Waals surface area contributed by atoms with Crippen LogP contribution in [-0.2, 0) is 19.6 Å². The van der Waals surface area contributed by atoms with Gasteiger partial charge in [0, 0.05) is 50.0 Å². The predicted molar refractivity (Wildman–Crippen MR) is 150 cm³/mol. The third-order valence-electron chi connectivity index (χ3n) is 6.78. The number of piperazine rings is 1. The van der Waals surface area contributed by atoms with Gasteiger partial charge in [-0.25, -0.2) is 18.0 Å². The number of aryl methyl sites for hydroxylation is 1. The van der Waals surface area contributed by atoms with Crippen LogP contribution in [0.1, 0.15) is 24.1 Å². The highest BCUT2D eigenvalue weighted by Gasteiger charge is 2.39. The molecule has 2 amide bonds. The normalized spacial score (nSPS) is 19.1. The Bertz CT molecular complexity index is 1370. The Hall–Kier alpha value is -3.18. The Morgan fingerprint density at radius 2 is 1.85 bits per heavy atom. The van der Waals surface area contributed by atoms with E-state index in [0.29, 0.717) is 29.4 Å². The molecular formula is C28H33ClN4O5S. The molecule has 4 rings (SSSR count). The van der Waals surface area contributed by atoms with Crippen LogP contribution in [0.5, 0.6) is 0 Å². The molecule has 0 radical (unpaired) electrons. The van der Waals surface area contributed by atoms with Crippen molar-refractivity contribution >= 4 is 33.6 Å². The third-order valence-corrected chi connectivity index (χ3v) is 8.94. The summed E-state index contributed by atoms with van der Waals surface area (Å²) in [6.07, 6.45) is 1.60. The van der Waals surface area contributed by atoms with Crippen LogP contribution < -0.4 is 5.32 Å². The van der Waals surface area contributed by atoms with Crippen LogP contribution in [0.15, 0.2) is 77.4 Å². The van der Waals surface area contributed by atoms with Crippen LogP contribution in [0.4, 0.5) is 4.79 Å². The molecule has 0 saturated carbocycles. The maximum absolute atomic E-state index is 13.3. The van der Waals surface area contributed by atoms with Crippen molar-refractivity contribution in [3.05, 3.63) is 88.6 Å². The number of urea groups is 1. The number of amides is 2. The van der Waals surface area contributed by atoms with Crippen LogP contribution in [0.3, 0.4) is 0 Å². The number of sulfonamides is 1. The molecule has 1 saturated heterocycles. The number of rotatable bonds is 9. The van der Waals surface area contributed by atoms with E-state index in [0.717, 1.165) is 11.1 Å². The van der Waals surface area contributed by atoms with Crippen LogP contribution in [0.2, 0.25) is 5.02 Å². The summed E-state index contributed by atoms with van der Waals surface area (Å²) in [4.78, 5) is 30.3. The molecule has 1 fully saturated rings. The number of carbonyl (C=O) groups is 2. The van der Waals surface area contributed by atoms with Crippen LogP contribution in [0.25, 0.3) is 0 Å². The first-order chi connectivity index (χ1) is 18.6. The Labute approximate surface area is 234 Å². The van der Waals surface area contributed by atoms with Crippen molar-refractivity contribution in [2.45, 2.75) is 24.8 Å². The van der Waals surface area contributed by atoms with E-state index in [4.69, 9.17) is 16.3 Å². The average molecular weight is 573 g/mol. The van der Waals surface area contributed by atoms with E-state index < -0.39 is 22.0 Å². The van der Waals surface area contributed by atoms with Gasteiger partial charge in [-0.3, -0.25) is 9.80 Å². The predicted octanol–water partition coefficient (Wildman–Crippen LogP) is 3.72. The molecule has 9 nitrogen and oxygen atoms in total. The fraction of sp³-hybridized carbons (Fsp3) is 0.357. The van der Waals surface area contributed by atoms with Gasteiger partial charge in [-0.15, -0.1) is 6.58 Å². The van der Waals surface area contributed by atoms with Gasteiger partial charge in [-0.1, -0.05) is 47.5 Å². The van der Waals surface area contributed by atoms with Crippen molar-refractivity contribution in [1.29, 1.82) is 0 Å². The van der Waals surface area contributed by atoms with Crippen LogP contribution >= 0.6 is 11.6 Å². The lowest BCUT2D eigenvalue weighted by molar-refractivity contribution is -0.139. The molecule has 0 unspecified atom stereocenters. The second-order valence-corrected chi connectivity index (χ2v) is 11.8. The lowest BCUT2D eigenvalue weighted by atomic mass is 9.93. The van der Waals surface area contributed by atoms with E-state index in [2.05, 4.69) is 11.9 Å². The summed E-state index contributed by atoms with van der Waals surface area (Å²) in [5.74, 6) is -0.503. The minimum Gasteiger partial charge on any atom is -0.463 e. The van der Waals surface area contributed by atoms with Crippen molar-refractivity contribution in [2.24, 2.45) is 0 Å². The summed E-state index contributed by atoms with van der Waals surface area (Å²) < 4.78 is 33.2. The molecule has 1 atom stereocenters. The van der Waals surface area contributed by atoms with Gasteiger partial charge in [0.05, 0.1) is 23.1 Å². The number of nitrogens with one attached hydrogen (secondary N) is 1. The number of nitrogens with zero attached hydrogens (tertiary/aromatic N) is 3. The molecular weight excluding hydrogens is 540 g/mol. The summed E-state index contributed by atoms with van der Waals surface area (Å²) >= 11 is 5.92. The highest BCUT2D eigenvalue weighted by molar-refractivity contribution is 7.89. The van der Waals surface area contributed by atoms with Crippen molar-refractivity contribution in [2.75, 3.05) is 45.9 Å². The Balaban J connectivity index is 1.64. The Kier molecular flexibility index (Phi) is 9.12. The Morgan fingerprint density at radius 1 is 1.15 bits per heavy atom. The van der Waals surface area contributed by atoms with Gasteiger partial charge in [0.1, 0.15) is 0 Å². The van der Waals surface area contributed by atoms with Crippen molar-refractivity contribution in [3.63, 3.8) is 0 Å². The molecule has 2 aliphatic rings. The minimum atomic E-state index is -3.67. The first-order valence-corrected chi connectivity index (χ1v) is 14.6. The average Bonchev–Trinajstić information content (AvgIpc) is 2.91. The zero-order chi connectivity index (χ0) is 28.2. The molecule has 1 N–H and O–H groups in total. The molecule has 2 heterocycles. The van der Waals surface area contributed by atoms with E-state index in [1.165, 1.54) is 21.3 Å². The highest BCUT2D eigenvalue weighted by Crippen LogP contribution is 2.33. The highest BCUT2D eigenvalue weighted by atomic mass is 35.5. The van der Waals surface area contributed by atoms with Crippen LogP contribution in [-0.4, -0.2) is 80.4 Å². The second kappa shape index (κ2) is 12.3. The number of ether oxygens (including phenoxy) is 1. The smallest absolute Gasteiger partial charge is 0.338 e. The van der Waals surface area contributed by atoms with Gasteiger partial charge >= 0.3 is 12.0 Å². The van der Waals surface area contributed by atoms with Gasteiger partial charge in [-0.05, 0) is 43.7 Å². The maximum Gasteiger partial charge on any atom is 0.338 e. The molecule has 208 valence electrons. The van der Waals surface area contributed by atoms with Crippen molar-refractivity contribution < 1.29 is 22.7 Å². The molecule has 2 aromatic carbocycles. The van der Waals surface area contributed by atoms with Gasteiger partial charge in [-0.2, -0.15) is 4.31 Å². The summed E-state index contributed by atoms with van der Waals surface area (Å²) in [7, 11) is -3.67. The van der Waals surface area contributed by atoms with Gasteiger partial charge < -0.3 is 10.1 Å². The largest absolute Gasteiger partial charge is 0.463 e. The van der Waals surface area contributed by atoms with Crippen LogP contribution in [0, 0.1) is 6.92 Å². The zero-order valence-corrected chi connectivity index (χ0v) is 23.7. The topological polar surface area (TPSA) is 99.3 Å². The number of benzene rings is 2. The van der Waals surface area contributed by atoms with Gasteiger partial charge in [0.15, 0.2) is 0 Å². The molecule has 0 bridgehead atoms. The monoisotopic (exact) mass is 572 g/mol. The van der Waals surface area contributed by atoms with Gasteiger partial charge in [0.25, 0.3) is 0 Å². The number of halogens is 1. The lowest BCUT2D eigenvalue weighted by Crippen LogP contribution is -2.53. The fourth-order valence-corrected chi connectivity index (χ4v) is 6.39.